The molecule has 0 unspecified atom stereocenters. The number of aryl methyl sites for hydroxylation is 1. The zero-order chi connectivity index (χ0) is 28.0. The van der Waals surface area contributed by atoms with Gasteiger partial charge >= 0.3 is 0 Å². The zero-order valence-electron chi connectivity index (χ0n) is 23.2. The first-order chi connectivity index (χ1) is 20.1. The number of anilines is 2. The predicted octanol–water partition coefficient (Wildman–Crippen LogP) is 6.26. The quantitative estimate of drug-likeness (QED) is 0.230. The zero-order valence-corrected chi connectivity index (χ0v) is 24.1. The van der Waals surface area contributed by atoms with Crippen LogP contribution in [-0.2, 0) is 19.5 Å². The number of nitrogens with one attached hydrogen (secondary N) is 1. The summed E-state index contributed by atoms with van der Waals surface area (Å²) >= 11 is 1.55. The van der Waals surface area contributed by atoms with Crippen molar-refractivity contribution in [1.82, 2.24) is 24.3 Å². The molecule has 41 heavy (non-hydrogen) atoms. The number of hydrogen-bond acceptors (Lipinski definition) is 6. The first-order valence-electron chi connectivity index (χ1n) is 14.1. The molecule has 1 amide bonds. The molecule has 1 N–H and O–H groups in total. The van der Waals surface area contributed by atoms with Crippen molar-refractivity contribution in [1.29, 1.82) is 0 Å². The second-order valence-electron chi connectivity index (χ2n) is 10.4. The van der Waals surface area contributed by atoms with Crippen LogP contribution in [0.5, 0.6) is 0 Å². The summed E-state index contributed by atoms with van der Waals surface area (Å²) < 4.78 is 2.26. The third-order valence-electron chi connectivity index (χ3n) is 7.65. The summed E-state index contributed by atoms with van der Waals surface area (Å²) in [5.41, 5.74) is 7.06. The molecule has 1 saturated heterocycles. The van der Waals surface area contributed by atoms with E-state index in [0.29, 0.717) is 0 Å². The Balaban J connectivity index is 1.22. The second-order valence-corrected chi connectivity index (χ2v) is 11.2. The molecular formula is C33H34N6OS. The normalized spacial score (nSPS) is 13.8. The molecule has 0 bridgehead atoms. The molecule has 0 aliphatic carbocycles. The van der Waals surface area contributed by atoms with Gasteiger partial charge in [0.05, 0.1) is 28.8 Å². The van der Waals surface area contributed by atoms with Crippen LogP contribution in [0, 0.1) is 6.92 Å². The van der Waals surface area contributed by atoms with E-state index in [1.165, 1.54) is 11.1 Å². The van der Waals surface area contributed by atoms with Crippen LogP contribution < -0.4 is 5.32 Å². The van der Waals surface area contributed by atoms with E-state index >= 15 is 0 Å². The molecule has 0 radical (unpaired) electrons. The Bertz CT molecular complexity index is 1570. The van der Waals surface area contributed by atoms with Gasteiger partial charge in [-0.3, -0.25) is 14.7 Å². The van der Waals surface area contributed by atoms with Crippen LogP contribution in [0.3, 0.4) is 0 Å². The minimum atomic E-state index is 0.102. The predicted molar refractivity (Wildman–Crippen MR) is 166 cm³/mol. The lowest BCUT2D eigenvalue weighted by molar-refractivity contribution is 0.0627. The van der Waals surface area contributed by atoms with Gasteiger partial charge in [-0.1, -0.05) is 60.7 Å². The minimum absolute atomic E-state index is 0.102. The fourth-order valence-corrected chi connectivity index (χ4v) is 6.10. The number of carbonyl (C=O) groups is 1. The van der Waals surface area contributed by atoms with Gasteiger partial charge in [-0.05, 0) is 42.7 Å². The van der Waals surface area contributed by atoms with E-state index in [1.807, 2.05) is 35.2 Å². The number of rotatable bonds is 9. The Kier molecular flexibility index (Phi) is 8.21. The van der Waals surface area contributed by atoms with Crippen molar-refractivity contribution in [2.45, 2.75) is 26.4 Å². The number of carbonyl (C=O) groups excluding carboxylic acids is 1. The van der Waals surface area contributed by atoms with Crippen molar-refractivity contribution in [2.75, 3.05) is 31.5 Å². The first-order valence-corrected chi connectivity index (χ1v) is 14.9. The van der Waals surface area contributed by atoms with Crippen LogP contribution in [0.4, 0.5) is 10.8 Å². The van der Waals surface area contributed by atoms with Crippen molar-refractivity contribution in [2.24, 2.45) is 0 Å². The van der Waals surface area contributed by atoms with Crippen molar-refractivity contribution in [3.05, 3.63) is 119 Å². The van der Waals surface area contributed by atoms with E-state index in [2.05, 4.69) is 80.6 Å². The Morgan fingerprint density at radius 3 is 2.37 bits per heavy atom. The van der Waals surface area contributed by atoms with E-state index in [1.54, 1.807) is 23.7 Å². The molecule has 0 atom stereocenters. The number of benzene rings is 2. The third kappa shape index (κ3) is 6.39. The van der Waals surface area contributed by atoms with Crippen molar-refractivity contribution < 1.29 is 4.79 Å². The molecule has 1 aliphatic heterocycles. The largest absolute Gasteiger partial charge is 0.342 e. The summed E-state index contributed by atoms with van der Waals surface area (Å²) in [6.07, 6.45) is 4.41. The summed E-state index contributed by atoms with van der Waals surface area (Å²) in [6.45, 7) is 6.95. The summed E-state index contributed by atoms with van der Waals surface area (Å²) in [7, 11) is 0. The highest BCUT2D eigenvalue weighted by Gasteiger charge is 2.27. The van der Waals surface area contributed by atoms with Crippen molar-refractivity contribution in [3.8, 4) is 11.4 Å². The number of piperazine rings is 1. The van der Waals surface area contributed by atoms with Gasteiger partial charge in [0, 0.05) is 56.5 Å². The lowest BCUT2D eigenvalue weighted by Gasteiger charge is -2.34. The fraction of sp³-hybridized carbons (Fsp3) is 0.242. The van der Waals surface area contributed by atoms with Crippen LogP contribution in [-0.4, -0.2) is 56.4 Å². The van der Waals surface area contributed by atoms with E-state index in [0.717, 1.165) is 79.2 Å². The van der Waals surface area contributed by atoms with E-state index in [9.17, 15) is 4.79 Å². The number of amides is 1. The molecule has 2 aromatic carbocycles. The molecule has 7 nitrogen and oxygen atoms in total. The SMILES string of the molecule is Cc1c(C(=O)N2CCN(Cc3ccccc3)CC2)cc(-c2csc(Nc3cccnc3)n2)n1CCc1ccccc1. The number of pyridine rings is 1. The topological polar surface area (TPSA) is 66.3 Å². The van der Waals surface area contributed by atoms with Gasteiger partial charge in [-0.15, -0.1) is 11.3 Å². The smallest absolute Gasteiger partial charge is 0.255 e. The van der Waals surface area contributed by atoms with Gasteiger partial charge in [0.1, 0.15) is 0 Å². The van der Waals surface area contributed by atoms with Gasteiger partial charge in [-0.2, -0.15) is 0 Å². The summed E-state index contributed by atoms with van der Waals surface area (Å²) in [5, 5.41) is 6.20. The average Bonchev–Trinajstić information content (AvgIpc) is 3.61. The lowest BCUT2D eigenvalue weighted by atomic mass is 10.1. The Hall–Kier alpha value is -4.27. The maximum absolute atomic E-state index is 13.9. The fourth-order valence-electron chi connectivity index (χ4n) is 5.38. The summed E-state index contributed by atoms with van der Waals surface area (Å²) in [4.78, 5) is 27.4. The molecule has 3 aromatic heterocycles. The van der Waals surface area contributed by atoms with Crippen molar-refractivity contribution >= 4 is 28.1 Å². The molecule has 8 heteroatoms. The lowest BCUT2D eigenvalue weighted by Crippen LogP contribution is -2.48. The maximum atomic E-state index is 13.9. The highest BCUT2D eigenvalue weighted by atomic mass is 32.1. The molecule has 5 aromatic rings. The maximum Gasteiger partial charge on any atom is 0.255 e. The second kappa shape index (κ2) is 12.5. The summed E-state index contributed by atoms with van der Waals surface area (Å²) in [5.74, 6) is 0.102. The van der Waals surface area contributed by atoms with Crippen LogP contribution in [0.2, 0.25) is 0 Å². The monoisotopic (exact) mass is 562 g/mol. The van der Waals surface area contributed by atoms with E-state index < -0.39 is 0 Å². The van der Waals surface area contributed by atoms with Gasteiger partial charge in [0.15, 0.2) is 5.13 Å². The van der Waals surface area contributed by atoms with Gasteiger partial charge in [0.25, 0.3) is 5.91 Å². The van der Waals surface area contributed by atoms with Gasteiger partial charge in [-0.25, -0.2) is 4.98 Å². The Morgan fingerprint density at radius 2 is 1.66 bits per heavy atom. The Morgan fingerprint density at radius 1 is 0.927 bits per heavy atom. The van der Waals surface area contributed by atoms with Crippen LogP contribution in [0.15, 0.2) is 96.6 Å². The van der Waals surface area contributed by atoms with Crippen LogP contribution in [0.25, 0.3) is 11.4 Å². The van der Waals surface area contributed by atoms with E-state index in [4.69, 9.17) is 4.98 Å². The van der Waals surface area contributed by atoms with E-state index in [-0.39, 0.29) is 5.91 Å². The molecule has 0 saturated carbocycles. The number of aromatic nitrogens is 3. The van der Waals surface area contributed by atoms with Gasteiger partial charge in [0.2, 0.25) is 0 Å². The van der Waals surface area contributed by atoms with Crippen molar-refractivity contribution in [3.63, 3.8) is 0 Å². The Labute approximate surface area is 245 Å². The number of hydrogen-bond donors (Lipinski definition) is 1. The highest BCUT2D eigenvalue weighted by molar-refractivity contribution is 7.14. The molecule has 208 valence electrons. The third-order valence-corrected chi connectivity index (χ3v) is 8.41. The molecule has 0 spiro atoms. The number of thiazole rings is 1. The average molecular weight is 563 g/mol. The highest BCUT2D eigenvalue weighted by Crippen LogP contribution is 2.31. The van der Waals surface area contributed by atoms with Gasteiger partial charge < -0.3 is 14.8 Å². The standard InChI is InChI=1S/C33H34N6OS/c1-25-29(32(40)38-19-17-37(18-20-38)23-27-11-6-3-7-12-27)21-31(39(25)16-14-26-9-4-2-5-10-26)30-24-41-33(36-30)35-28-13-8-15-34-22-28/h2-13,15,21-22,24H,14,16-20,23H2,1H3,(H,35,36). The molecule has 4 heterocycles. The molecular weight excluding hydrogens is 528 g/mol. The molecule has 1 fully saturated rings. The molecule has 6 rings (SSSR count). The first kappa shape index (κ1) is 26.9. The minimum Gasteiger partial charge on any atom is -0.342 e. The van der Waals surface area contributed by atoms with Crippen LogP contribution in [0.1, 0.15) is 27.2 Å². The number of nitrogens with zero attached hydrogens (tertiary/aromatic N) is 5. The molecule has 1 aliphatic rings. The summed E-state index contributed by atoms with van der Waals surface area (Å²) in [6, 6.07) is 26.9. The van der Waals surface area contributed by atoms with Crippen LogP contribution >= 0.6 is 11.3 Å².